The number of Topliss-reactive ketones (excluding diaryl/α,β-unsaturated/α-hetero) is 1. The fraction of sp³-hybridized carbons (Fsp3) is 0.113. The molecule has 0 radical (unpaired) electrons. The van der Waals surface area contributed by atoms with Crippen molar-refractivity contribution in [3.63, 3.8) is 0 Å². The van der Waals surface area contributed by atoms with Gasteiger partial charge >= 0.3 is 0 Å². The standard InChI is InChI=1S/C16H14O6.C16H12O6.C15H14O6.C15H10O5/c2*1-7-15(21)14-12(20)5-9(17)6-13(14)22-16(7)8-2-3-10(18)11(19)4-8;16-8-4-11(18)9-6-13(20)15(21-14(9)5-8)7-1-2-10(17)12(19)3-7;16-9-6-11(8-4-2-1-3-5-8)20-12-7-10(17)14(18)15(19)13(9)12/h2-7,16-20H,1H3;2-6,17-20H,1H3;1-5,13,15-20H,6H2;1-7,17-19H/t7?,16-;;13-,15+;/m0.0./s1. The van der Waals surface area contributed by atoms with Crippen LogP contribution >= 0.6 is 0 Å². The molecule has 23 heteroatoms. The van der Waals surface area contributed by atoms with Crippen LogP contribution in [0.3, 0.4) is 0 Å². The highest BCUT2D eigenvalue weighted by atomic mass is 16.5. The number of rotatable bonds is 4. The van der Waals surface area contributed by atoms with Gasteiger partial charge in [-0.2, -0.15) is 0 Å². The average Bonchev–Trinajstić information content (AvgIpc) is 1.82. The third-order valence-electron chi connectivity index (χ3n) is 13.7. The Bertz CT molecular complexity index is 4380. The summed E-state index contributed by atoms with van der Waals surface area (Å²) in [4.78, 5) is 36.9. The molecule has 12 rings (SSSR count). The van der Waals surface area contributed by atoms with Gasteiger partial charge in [-0.3, -0.25) is 14.4 Å². The molecule has 2 aromatic heterocycles. The van der Waals surface area contributed by atoms with E-state index < -0.39 is 52.3 Å². The average molecular weight is 1160 g/mol. The van der Waals surface area contributed by atoms with Crippen LogP contribution in [0.25, 0.3) is 44.6 Å². The monoisotopic (exact) mass is 1160 g/mol. The van der Waals surface area contributed by atoms with Gasteiger partial charge < -0.3 is 100 Å². The van der Waals surface area contributed by atoms with Crippen molar-refractivity contribution in [1.29, 1.82) is 0 Å². The Hall–Kier alpha value is -11.6. The lowest BCUT2D eigenvalue weighted by atomic mass is 9.86. The molecule has 23 nitrogen and oxygen atoms in total. The Balaban J connectivity index is 0.000000136. The van der Waals surface area contributed by atoms with Crippen molar-refractivity contribution in [2.24, 2.45) is 5.92 Å². The van der Waals surface area contributed by atoms with Crippen LogP contribution in [-0.4, -0.2) is 93.6 Å². The molecule has 16 N–H and O–H groups in total. The van der Waals surface area contributed by atoms with Gasteiger partial charge in [0.25, 0.3) is 0 Å². The molecule has 4 atom stereocenters. The van der Waals surface area contributed by atoms with Crippen molar-refractivity contribution in [2.75, 3.05) is 0 Å². The lowest BCUT2D eigenvalue weighted by Crippen LogP contribution is -2.30. The molecule has 0 spiro atoms. The highest BCUT2D eigenvalue weighted by molar-refractivity contribution is 6.04. The first-order valence-electron chi connectivity index (χ1n) is 25.3. The summed E-state index contributed by atoms with van der Waals surface area (Å²) < 4.78 is 22.5. The molecular weight excluding hydrogens is 1110 g/mol. The summed E-state index contributed by atoms with van der Waals surface area (Å²) in [6, 6.07) is 30.7. The third kappa shape index (κ3) is 11.7. The van der Waals surface area contributed by atoms with E-state index in [0.29, 0.717) is 33.6 Å². The molecule has 436 valence electrons. The van der Waals surface area contributed by atoms with Crippen LogP contribution in [0, 0.1) is 12.8 Å². The fourth-order valence-electron chi connectivity index (χ4n) is 9.41. The van der Waals surface area contributed by atoms with Gasteiger partial charge in [0.1, 0.15) is 97.2 Å². The molecule has 0 bridgehead atoms. The van der Waals surface area contributed by atoms with Crippen molar-refractivity contribution in [1.82, 2.24) is 0 Å². The van der Waals surface area contributed by atoms with E-state index in [1.54, 1.807) is 31.2 Å². The van der Waals surface area contributed by atoms with Crippen LogP contribution < -0.4 is 20.3 Å². The number of phenols is 15. The summed E-state index contributed by atoms with van der Waals surface area (Å²) >= 11 is 0. The van der Waals surface area contributed by atoms with E-state index in [1.165, 1.54) is 91.9 Å². The maximum absolute atomic E-state index is 12.5. The summed E-state index contributed by atoms with van der Waals surface area (Å²) in [6.07, 6.45) is -2.26. The topological polar surface area (TPSA) is 420 Å². The number of hydrogen-bond donors (Lipinski definition) is 16. The second kappa shape index (κ2) is 23.1. The number of aliphatic hydroxyl groups excluding tert-OH is 1. The number of ether oxygens (including phenoxy) is 2. The number of phenolic OH excluding ortho intramolecular Hbond substituents is 15. The number of aromatic hydroxyl groups is 15. The number of benzene rings is 8. The maximum Gasteiger partial charge on any atom is 0.201 e. The molecule has 2 aliphatic rings. The zero-order valence-corrected chi connectivity index (χ0v) is 44.2. The lowest BCUT2D eigenvalue weighted by Gasteiger charge is -2.31. The molecule has 1 unspecified atom stereocenters. The van der Waals surface area contributed by atoms with Crippen molar-refractivity contribution in [3.8, 4) is 120 Å². The Morgan fingerprint density at radius 1 is 0.447 bits per heavy atom. The van der Waals surface area contributed by atoms with Crippen LogP contribution in [-0.2, 0) is 6.42 Å². The molecular formula is C62H50O23. The minimum absolute atomic E-state index is 0.00385. The van der Waals surface area contributed by atoms with Crippen LogP contribution in [0.4, 0.5) is 0 Å². The fourth-order valence-corrected chi connectivity index (χ4v) is 9.41. The first-order valence-corrected chi connectivity index (χ1v) is 25.3. The Kier molecular flexibility index (Phi) is 15.8. The second-order valence-electron chi connectivity index (χ2n) is 19.5. The number of hydrogen-bond acceptors (Lipinski definition) is 23. The normalized spacial score (nSPS) is 15.7. The number of carbonyl (C=O) groups excluding carboxylic acids is 1. The summed E-state index contributed by atoms with van der Waals surface area (Å²) in [6.45, 7) is 3.17. The van der Waals surface area contributed by atoms with Gasteiger partial charge in [0.15, 0.2) is 62.6 Å². The van der Waals surface area contributed by atoms with Gasteiger partial charge in [-0.1, -0.05) is 49.4 Å². The quantitative estimate of drug-likeness (QED) is 0.0730. The predicted octanol–water partition coefficient (Wildman–Crippen LogP) is 9.18. The van der Waals surface area contributed by atoms with Gasteiger partial charge in [0.05, 0.1) is 12.0 Å². The third-order valence-corrected chi connectivity index (χ3v) is 13.7. The van der Waals surface area contributed by atoms with Crippen molar-refractivity contribution in [3.05, 3.63) is 182 Å². The van der Waals surface area contributed by atoms with Crippen LogP contribution in [0.5, 0.6) is 97.7 Å². The predicted molar refractivity (Wildman–Crippen MR) is 301 cm³/mol. The molecule has 0 amide bonds. The first kappa shape index (κ1) is 58.1. The smallest absolute Gasteiger partial charge is 0.201 e. The van der Waals surface area contributed by atoms with E-state index in [-0.39, 0.29) is 132 Å². The zero-order valence-electron chi connectivity index (χ0n) is 44.2. The molecule has 0 aliphatic carbocycles. The van der Waals surface area contributed by atoms with Crippen LogP contribution in [0.15, 0.2) is 152 Å². The first-order chi connectivity index (χ1) is 40.3. The summed E-state index contributed by atoms with van der Waals surface area (Å²) in [7, 11) is 0. The Labute approximate surface area is 477 Å². The minimum Gasteiger partial charge on any atom is -0.508 e. The molecule has 0 saturated heterocycles. The van der Waals surface area contributed by atoms with Gasteiger partial charge in [0.2, 0.25) is 5.75 Å². The molecule has 0 fully saturated rings. The molecule has 4 heterocycles. The molecule has 0 saturated carbocycles. The van der Waals surface area contributed by atoms with Crippen molar-refractivity contribution >= 4 is 27.7 Å². The minimum atomic E-state index is -0.933. The van der Waals surface area contributed by atoms with E-state index >= 15 is 0 Å². The molecule has 2 aliphatic heterocycles. The SMILES string of the molecule is CC1C(=O)c2c(O)cc(O)cc2O[C@@H]1c1ccc(O)c(O)c1.Cc1c(-c2ccc(O)c(O)c2)oc2cc(O)cc(O)c2c1=O.O=c1cc(-c2ccccc2)oc2cc(O)c(O)c(O)c12.Oc1cc(O)c2c(c1)O[C@H](c1ccc(O)c(O)c1)[C@@H](O)C2. The summed E-state index contributed by atoms with van der Waals surface area (Å²) in [5, 5.41) is 153. The lowest BCUT2D eigenvalue weighted by molar-refractivity contribution is 0.0197. The van der Waals surface area contributed by atoms with Gasteiger partial charge in [0, 0.05) is 77.2 Å². The summed E-state index contributed by atoms with van der Waals surface area (Å²) in [5.74, 6) is -5.30. The Morgan fingerprint density at radius 3 is 1.61 bits per heavy atom. The summed E-state index contributed by atoms with van der Waals surface area (Å²) in [5.41, 5.74) is 1.82. The number of aliphatic hydroxyl groups is 1. The number of ketones is 1. The van der Waals surface area contributed by atoms with E-state index in [9.17, 15) is 96.1 Å². The highest BCUT2D eigenvalue weighted by Gasteiger charge is 2.38. The van der Waals surface area contributed by atoms with E-state index in [2.05, 4.69) is 0 Å². The van der Waals surface area contributed by atoms with Gasteiger partial charge in [-0.15, -0.1) is 0 Å². The highest BCUT2D eigenvalue weighted by Crippen LogP contribution is 2.47. The van der Waals surface area contributed by atoms with Gasteiger partial charge in [-0.25, -0.2) is 0 Å². The van der Waals surface area contributed by atoms with E-state index in [0.717, 1.165) is 18.2 Å². The van der Waals surface area contributed by atoms with Crippen LogP contribution in [0.2, 0.25) is 0 Å². The van der Waals surface area contributed by atoms with E-state index in [1.807, 2.05) is 6.07 Å². The number of fused-ring (bicyclic) bond motifs is 4. The second-order valence-corrected chi connectivity index (χ2v) is 19.5. The van der Waals surface area contributed by atoms with Crippen molar-refractivity contribution in [2.45, 2.75) is 38.6 Å². The molecule has 85 heavy (non-hydrogen) atoms. The number of carbonyl (C=O) groups is 1. The van der Waals surface area contributed by atoms with Crippen LogP contribution in [0.1, 0.15) is 51.7 Å². The molecule has 10 aromatic rings. The molecule has 8 aromatic carbocycles. The largest absolute Gasteiger partial charge is 0.508 e. The van der Waals surface area contributed by atoms with Gasteiger partial charge in [-0.05, 0) is 60.5 Å². The zero-order chi connectivity index (χ0) is 61.5. The van der Waals surface area contributed by atoms with Crippen molar-refractivity contribution < 1.29 is 105 Å². The van der Waals surface area contributed by atoms with E-state index in [4.69, 9.17) is 18.3 Å². The maximum atomic E-state index is 12.5. The Morgan fingerprint density at radius 2 is 0.988 bits per heavy atom.